The lowest BCUT2D eigenvalue weighted by Gasteiger charge is -2.35. The standard InChI is InChI=1S/C22H20O2S.C6H15N/c23-21(24)16-17-25-22(18-10-4-1-5-11-18,19-12-6-2-7-13-19)20-14-8-3-9-15-20;1-4-7(5-2)6-3/h1-15H,16-17H2,(H,23,24);4-6H2,1-3H3. The van der Waals surface area contributed by atoms with Crippen LogP contribution in [0.25, 0.3) is 0 Å². The van der Waals surface area contributed by atoms with E-state index in [-0.39, 0.29) is 6.42 Å². The van der Waals surface area contributed by atoms with Gasteiger partial charge in [0.05, 0.1) is 24.4 Å². The van der Waals surface area contributed by atoms with Crippen LogP contribution in [0.3, 0.4) is 0 Å². The summed E-state index contributed by atoms with van der Waals surface area (Å²) in [6.45, 7) is 10.5. The van der Waals surface area contributed by atoms with E-state index in [4.69, 9.17) is 0 Å². The third-order valence-corrected chi connectivity index (χ3v) is 7.21. The SMILES string of the molecule is CC[NH+](CC)CC.O=C([O-])CCSC(c1ccccc1)(c1ccccc1)c1ccccc1. The highest BCUT2D eigenvalue weighted by atomic mass is 32.2. The third-order valence-electron chi connectivity index (χ3n) is 5.67. The zero-order valence-corrected chi connectivity index (χ0v) is 20.2. The Morgan fingerprint density at radius 1 is 0.719 bits per heavy atom. The average Bonchev–Trinajstić information content (AvgIpc) is 2.85. The van der Waals surface area contributed by atoms with Crippen molar-refractivity contribution in [2.45, 2.75) is 31.9 Å². The number of nitrogens with one attached hydrogen (secondary N) is 1. The largest absolute Gasteiger partial charge is 0.550 e. The van der Waals surface area contributed by atoms with Crippen molar-refractivity contribution >= 4 is 17.7 Å². The van der Waals surface area contributed by atoms with E-state index in [9.17, 15) is 9.90 Å². The van der Waals surface area contributed by atoms with Gasteiger partial charge in [0.1, 0.15) is 0 Å². The monoisotopic (exact) mass is 449 g/mol. The molecule has 3 rings (SSSR count). The maximum Gasteiger partial charge on any atom is 0.0907 e. The van der Waals surface area contributed by atoms with E-state index in [2.05, 4.69) is 57.2 Å². The molecule has 0 aliphatic heterocycles. The minimum atomic E-state index is -1.02. The van der Waals surface area contributed by atoms with Crippen LogP contribution in [0.15, 0.2) is 91.0 Å². The number of rotatable bonds is 10. The van der Waals surface area contributed by atoms with Gasteiger partial charge in [-0.3, -0.25) is 0 Å². The van der Waals surface area contributed by atoms with E-state index in [1.54, 1.807) is 16.7 Å². The van der Waals surface area contributed by atoms with Crippen LogP contribution < -0.4 is 10.0 Å². The van der Waals surface area contributed by atoms with Crippen LogP contribution in [0.5, 0.6) is 0 Å². The van der Waals surface area contributed by atoms with Crippen molar-refractivity contribution < 1.29 is 14.8 Å². The smallest absolute Gasteiger partial charge is 0.0907 e. The molecule has 0 fully saturated rings. The van der Waals surface area contributed by atoms with Crippen molar-refractivity contribution in [2.75, 3.05) is 25.4 Å². The van der Waals surface area contributed by atoms with Crippen molar-refractivity contribution in [1.29, 1.82) is 0 Å². The zero-order valence-electron chi connectivity index (χ0n) is 19.4. The van der Waals surface area contributed by atoms with Gasteiger partial charge in [0, 0.05) is 11.7 Å². The molecule has 0 aliphatic carbocycles. The van der Waals surface area contributed by atoms with E-state index in [1.165, 1.54) is 19.6 Å². The van der Waals surface area contributed by atoms with Gasteiger partial charge < -0.3 is 14.8 Å². The van der Waals surface area contributed by atoms with Gasteiger partial charge in [0.25, 0.3) is 0 Å². The van der Waals surface area contributed by atoms with Crippen LogP contribution in [-0.4, -0.2) is 31.4 Å². The molecule has 0 saturated carbocycles. The quantitative estimate of drug-likeness (QED) is 0.479. The van der Waals surface area contributed by atoms with Gasteiger partial charge in [-0.25, -0.2) is 0 Å². The molecule has 0 aromatic heterocycles. The number of aliphatic carboxylic acids is 1. The molecule has 3 aromatic carbocycles. The Labute approximate surface area is 197 Å². The summed E-state index contributed by atoms with van der Waals surface area (Å²) in [5, 5.41) is 11.0. The molecule has 1 N–H and O–H groups in total. The number of benzene rings is 3. The maximum absolute atomic E-state index is 11.0. The summed E-state index contributed by atoms with van der Waals surface area (Å²) in [4.78, 5) is 12.7. The summed E-state index contributed by atoms with van der Waals surface area (Å²) in [7, 11) is 0. The lowest BCUT2D eigenvalue weighted by molar-refractivity contribution is -0.894. The molecule has 3 aromatic rings. The fourth-order valence-corrected chi connectivity index (χ4v) is 5.29. The number of quaternary nitrogens is 1. The van der Waals surface area contributed by atoms with Gasteiger partial charge in [-0.05, 0) is 43.9 Å². The normalized spacial score (nSPS) is 11.0. The van der Waals surface area contributed by atoms with Crippen molar-refractivity contribution in [2.24, 2.45) is 0 Å². The zero-order chi connectivity index (χ0) is 23.2. The van der Waals surface area contributed by atoms with Crippen molar-refractivity contribution in [1.82, 2.24) is 0 Å². The van der Waals surface area contributed by atoms with E-state index in [1.807, 2.05) is 54.6 Å². The predicted molar refractivity (Wildman–Crippen MR) is 134 cm³/mol. The van der Waals surface area contributed by atoms with Gasteiger partial charge in [0.2, 0.25) is 0 Å². The first kappa shape index (κ1) is 25.7. The van der Waals surface area contributed by atoms with Crippen LogP contribution in [-0.2, 0) is 9.54 Å². The highest BCUT2D eigenvalue weighted by Crippen LogP contribution is 2.48. The van der Waals surface area contributed by atoms with E-state index in [0.29, 0.717) is 5.75 Å². The third kappa shape index (κ3) is 6.98. The Hall–Kier alpha value is -2.56. The van der Waals surface area contributed by atoms with Gasteiger partial charge in [-0.15, -0.1) is 11.8 Å². The molecule has 0 radical (unpaired) electrons. The van der Waals surface area contributed by atoms with Crippen LogP contribution in [0, 0.1) is 0 Å². The van der Waals surface area contributed by atoms with Crippen molar-refractivity contribution in [3.05, 3.63) is 108 Å². The molecule has 0 heterocycles. The Morgan fingerprint density at radius 2 is 1.06 bits per heavy atom. The summed E-state index contributed by atoms with van der Waals surface area (Å²) >= 11 is 1.64. The topological polar surface area (TPSA) is 44.6 Å². The summed E-state index contributed by atoms with van der Waals surface area (Å²) in [6, 6.07) is 30.7. The summed E-state index contributed by atoms with van der Waals surface area (Å²) < 4.78 is -0.459. The Kier molecular flexibility index (Phi) is 11.1. The van der Waals surface area contributed by atoms with Gasteiger partial charge in [0.15, 0.2) is 0 Å². The highest BCUT2D eigenvalue weighted by molar-refractivity contribution is 8.00. The molecule has 4 heteroatoms. The van der Waals surface area contributed by atoms with Crippen molar-refractivity contribution in [3.63, 3.8) is 0 Å². The molecule has 0 unspecified atom stereocenters. The fourth-order valence-electron chi connectivity index (χ4n) is 3.81. The molecular formula is C28H35NO2S. The Balaban J connectivity index is 0.000000451. The van der Waals surface area contributed by atoms with Crippen LogP contribution in [0.4, 0.5) is 0 Å². The predicted octanol–water partition coefficient (Wildman–Crippen LogP) is 3.78. The first-order valence-corrected chi connectivity index (χ1v) is 12.4. The van der Waals surface area contributed by atoms with Crippen LogP contribution >= 0.6 is 11.8 Å². The van der Waals surface area contributed by atoms with Crippen molar-refractivity contribution in [3.8, 4) is 0 Å². The number of carbonyl (C=O) groups excluding carboxylic acids is 1. The number of carbonyl (C=O) groups is 1. The molecule has 0 atom stereocenters. The lowest BCUT2D eigenvalue weighted by atomic mass is 9.84. The molecule has 0 bridgehead atoms. The van der Waals surface area contributed by atoms with Gasteiger partial charge in [-0.2, -0.15) is 0 Å². The second-order valence-corrected chi connectivity index (χ2v) is 8.87. The molecule has 0 spiro atoms. The summed E-state index contributed by atoms with van der Waals surface area (Å²) in [5.41, 5.74) is 3.40. The van der Waals surface area contributed by atoms with E-state index < -0.39 is 10.7 Å². The number of carboxylic acids is 1. The van der Waals surface area contributed by atoms with E-state index >= 15 is 0 Å². The first-order valence-electron chi connectivity index (χ1n) is 11.4. The number of hydrogen-bond acceptors (Lipinski definition) is 3. The van der Waals surface area contributed by atoms with Gasteiger partial charge in [-0.1, -0.05) is 91.0 Å². The minimum absolute atomic E-state index is 0.0267. The second-order valence-electron chi connectivity index (χ2n) is 7.56. The molecule has 0 aliphatic rings. The molecule has 0 saturated heterocycles. The minimum Gasteiger partial charge on any atom is -0.550 e. The summed E-state index contributed by atoms with van der Waals surface area (Å²) in [5.74, 6) is -0.545. The maximum atomic E-state index is 11.0. The average molecular weight is 450 g/mol. The Bertz CT molecular complexity index is 794. The molecular weight excluding hydrogens is 414 g/mol. The second kappa shape index (κ2) is 13.8. The number of hydrogen-bond donors (Lipinski definition) is 1. The number of thioether (sulfide) groups is 1. The van der Waals surface area contributed by atoms with E-state index in [0.717, 1.165) is 16.7 Å². The van der Waals surface area contributed by atoms with Crippen LogP contribution in [0.1, 0.15) is 43.9 Å². The number of carboxylic acid groups (broad SMARTS) is 1. The van der Waals surface area contributed by atoms with Crippen LogP contribution in [0.2, 0.25) is 0 Å². The molecule has 3 nitrogen and oxygen atoms in total. The Morgan fingerprint density at radius 3 is 1.31 bits per heavy atom. The molecule has 0 amide bonds. The molecule has 32 heavy (non-hydrogen) atoms. The fraction of sp³-hybridized carbons (Fsp3) is 0.321. The summed E-state index contributed by atoms with van der Waals surface area (Å²) in [6.07, 6.45) is 0.0267. The van der Waals surface area contributed by atoms with Gasteiger partial charge >= 0.3 is 0 Å². The first-order chi connectivity index (χ1) is 15.6. The lowest BCUT2D eigenvalue weighted by Crippen LogP contribution is -3.11. The highest BCUT2D eigenvalue weighted by Gasteiger charge is 2.36. The molecule has 170 valence electrons.